The van der Waals surface area contributed by atoms with E-state index in [-0.39, 0.29) is 24.4 Å². The van der Waals surface area contributed by atoms with Gasteiger partial charge in [-0.2, -0.15) is 0 Å². The summed E-state index contributed by atoms with van der Waals surface area (Å²) in [6.45, 7) is 13.7. The van der Waals surface area contributed by atoms with Gasteiger partial charge >= 0.3 is 13.8 Å². The van der Waals surface area contributed by atoms with E-state index in [1.807, 2.05) is 55.5 Å². The fourth-order valence-corrected chi connectivity index (χ4v) is 4.43. The first-order valence-corrected chi connectivity index (χ1v) is 14.8. The van der Waals surface area contributed by atoms with E-state index >= 15 is 0 Å². The molecule has 0 aromatic heterocycles. The highest BCUT2D eigenvalue weighted by atomic mass is 31.2. The second-order valence-corrected chi connectivity index (χ2v) is 10.9. The molecule has 0 bridgehead atoms. The van der Waals surface area contributed by atoms with Gasteiger partial charge in [-0.3, -0.25) is 9.32 Å². The molecule has 7 heteroatoms. The van der Waals surface area contributed by atoms with Crippen LogP contribution < -0.4 is 0 Å². The van der Waals surface area contributed by atoms with E-state index in [9.17, 15) is 19.1 Å². The van der Waals surface area contributed by atoms with Crippen molar-refractivity contribution in [2.24, 2.45) is 5.92 Å². The summed E-state index contributed by atoms with van der Waals surface area (Å²) in [5, 5.41) is 0. The van der Waals surface area contributed by atoms with Gasteiger partial charge in [0.1, 0.15) is 6.10 Å². The summed E-state index contributed by atoms with van der Waals surface area (Å²) >= 11 is 0. The Morgan fingerprint density at radius 1 is 1.16 bits per heavy atom. The van der Waals surface area contributed by atoms with Crippen LogP contribution in [0.15, 0.2) is 96.7 Å². The Labute approximate surface area is 229 Å². The molecule has 1 rings (SSSR count). The highest BCUT2D eigenvalue weighted by molar-refractivity contribution is 7.46. The predicted octanol–water partition coefficient (Wildman–Crippen LogP) is 8.01. The molecule has 0 aromatic rings. The van der Waals surface area contributed by atoms with E-state index in [2.05, 4.69) is 26.2 Å². The zero-order chi connectivity index (χ0) is 28.4. The van der Waals surface area contributed by atoms with Crippen molar-refractivity contribution in [3.05, 3.63) is 96.7 Å². The molecule has 2 N–H and O–H groups in total. The van der Waals surface area contributed by atoms with Crippen molar-refractivity contribution in [3.63, 3.8) is 0 Å². The lowest BCUT2D eigenvalue weighted by molar-refractivity contribution is -0.148. The maximum Gasteiger partial charge on any atom is 0.470 e. The van der Waals surface area contributed by atoms with Crippen LogP contribution in [-0.2, 0) is 18.6 Å². The summed E-state index contributed by atoms with van der Waals surface area (Å²) in [6, 6.07) is 0. The van der Waals surface area contributed by atoms with E-state index in [0.29, 0.717) is 24.8 Å². The van der Waals surface area contributed by atoms with Gasteiger partial charge in [0.2, 0.25) is 0 Å². The normalized spacial score (nSPS) is 28.5. The molecule has 3 atom stereocenters. The molecule has 6 nitrogen and oxygen atoms in total. The number of carbonyl (C=O) groups is 1. The van der Waals surface area contributed by atoms with Crippen LogP contribution in [-0.4, -0.2) is 28.0 Å². The molecule has 0 radical (unpaired) electrons. The molecular weight excluding hydrogens is 499 g/mol. The Kier molecular flexibility index (Phi) is 16.5. The van der Waals surface area contributed by atoms with Crippen molar-refractivity contribution >= 4 is 13.8 Å². The topological polar surface area (TPSA) is 93.1 Å². The van der Waals surface area contributed by atoms with Crippen LogP contribution in [0.3, 0.4) is 0 Å². The number of rotatable bonds is 6. The Morgan fingerprint density at radius 3 is 2.53 bits per heavy atom. The zero-order valence-electron chi connectivity index (χ0n) is 23.1. The third kappa shape index (κ3) is 16.4. The number of allylic oxidation sites excluding steroid dienone is 11. The molecule has 0 saturated carbocycles. The first kappa shape index (κ1) is 33.5. The minimum atomic E-state index is -4.63. The van der Waals surface area contributed by atoms with Crippen LogP contribution >= 0.6 is 7.82 Å². The van der Waals surface area contributed by atoms with E-state index in [1.165, 1.54) is 0 Å². The van der Waals surface area contributed by atoms with Crippen LogP contribution in [0.2, 0.25) is 0 Å². The second kappa shape index (κ2) is 18.7. The lowest BCUT2D eigenvalue weighted by atomic mass is 9.96. The Hall–Kier alpha value is -2.50. The van der Waals surface area contributed by atoms with Crippen LogP contribution in [0.1, 0.15) is 72.1 Å². The number of phosphoric acid groups is 1. The molecule has 0 amide bonds. The molecule has 3 unspecified atom stereocenters. The number of cyclic esters (lactones) is 1. The maximum atomic E-state index is 12.7. The van der Waals surface area contributed by atoms with Crippen molar-refractivity contribution in [2.75, 3.05) is 0 Å². The Morgan fingerprint density at radius 2 is 1.84 bits per heavy atom. The van der Waals surface area contributed by atoms with E-state index < -0.39 is 13.9 Å². The smallest absolute Gasteiger partial charge is 0.462 e. The number of phosphoric ester groups is 1. The van der Waals surface area contributed by atoms with Gasteiger partial charge in [-0.1, -0.05) is 98.1 Å². The number of hydrogen-bond acceptors (Lipinski definition) is 4. The summed E-state index contributed by atoms with van der Waals surface area (Å²) in [4.78, 5) is 31.4. The van der Waals surface area contributed by atoms with E-state index in [4.69, 9.17) is 9.26 Å². The number of ether oxygens (including phenoxy) is 1. The van der Waals surface area contributed by atoms with Crippen molar-refractivity contribution < 1.29 is 28.4 Å². The van der Waals surface area contributed by atoms with Gasteiger partial charge in [0.15, 0.2) is 0 Å². The number of carbonyl (C=O) groups excluding carboxylic acids is 1. The summed E-state index contributed by atoms with van der Waals surface area (Å²) in [5.41, 5.74) is 2.71. The summed E-state index contributed by atoms with van der Waals surface area (Å²) in [5.74, 6) is -0.128. The van der Waals surface area contributed by atoms with Crippen molar-refractivity contribution in [3.8, 4) is 0 Å². The Bertz CT molecular complexity index is 992. The highest BCUT2D eigenvalue weighted by Gasteiger charge is 2.23. The molecular formula is C31H45O6P. The van der Waals surface area contributed by atoms with Gasteiger partial charge in [-0.05, 0) is 63.9 Å². The van der Waals surface area contributed by atoms with E-state index in [1.54, 1.807) is 19.1 Å². The lowest BCUT2D eigenvalue weighted by Gasteiger charge is -2.19. The standard InChI is InChI=1S/C31H45O6P/c1-6-17-25(2)22-23-29-20-16-15-19-27(4)30(37-38(33,34)35)21-14-12-10-8-7-9-11-13-18-26(3)28(5)24-31(32)36-29/h6-11,13,15-17,19,26,29-30H,1,5,12,14,18,20-24H2,2-4H3,(H2,33,34,35)/b9-7-,10-8-,13-11-,16-15-,25-17+,27-19-. The number of esters is 1. The number of hydrogen-bond donors (Lipinski definition) is 2. The van der Waals surface area contributed by atoms with E-state index in [0.717, 1.165) is 36.8 Å². The van der Waals surface area contributed by atoms with Crippen molar-refractivity contribution in [2.45, 2.75) is 84.3 Å². The van der Waals surface area contributed by atoms with Gasteiger partial charge < -0.3 is 14.5 Å². The molecule has 1 heterocycles. The first-order chi connectivity index (χ1) is 18.0. The lowest BCUT2D eigenvalue weighted by Crippen LogP contribution is -2.19. The quantitative estimate of drug-likeness (QED) is 0.152. The molecule has 0 aliphatic carbocycles. The van der Waals surface area contributed by atoms with Gasteiger partial charge in [-0.15, -0.1) is 0 Å². The fourth-order valence-electron chi connectivity index (χ4n) is 3.82. The largest absolute Gasteiger partial charge is 0.470 e. The molecule has 210 valence electrons. The average molecular weight is 545 g/mol. The predicted molar refractivity (Wildman–Crippen MR) is 156 cm³/mol. The SMILES string of the molecule is C=C/C=C(\C)CCC1C/C=C\C=C(\C)C(OP(=O)(O)O)CCC\C=C/C=C\C=C/CC(C)C(=C)CC(=O)O1. The molecule has 38 heavy (non-hydrogen) atoms. The molecule has 1 aliphatic rings. The fraction of sp³-hybridized carbons (Fsp3) is 0.452. The third-order valence-electron chi connectivity index (χ3n) is 6.23. The molecule has 1 aliphatic heterocycles. The van der Waals surface area contributed by atoms with Gasteiger partial charge in [0.05, 0.1) is 12.5 Å². The second-order valence-electron chi connectivity index (χ2n) is 9.70. The molecule has 0 fully saturated rings. The summed E-state index contributed by atoms with van der Waals surface area (Å²) in [6.07, 6.45) is 25.0. The average Bonchev–Trinajstić information content (AvgIpc) is 2.83. The van der Waals surface area contributed by atoms with Gasteiger partial charge in [0.25, 0.3) is 0 Å². The summed E-state index contributed by atoms with van der Waals surface area (Å²) < 4.78 is 22.4. The molecule has 0 saturated heterocycles. The highest BCUT2D eigenvalue weighted by Crippen LogP contribution is 2.40. The van der Waals surface area contributed by atoms with Crippen LogP contribution in [0.5, 0.6) is 0 Å². The minimum absolute atomic E-state index is 0.160. The monoisotopic (exact) mass is 544 g/mol. The van der Waals surface area contributed by atoms with Gasteiger partial charge in [-0.25, -0.2) is 4.57 Å². The molecule has 0 spiro atoms. The Balaban J connectivity index is 3.11. The zero-order valence-corrected chi connectivity index (χ0v) is 24.0. The first-order valence-electron chi connectivity index (χ1n) is 13.2. The maximum absolute atomic E-state index is 12.7. The van der Waals surface area contributed by atoms with Gasteiger partial charge in [0, 0.05) is 6.42 Å². The van der Waals surface area contributed by atoms with Crippen LogP contribution in [0.4, 0.5) is 0 Å². The molecule has 0 aromatic carbocycles. The minimum Gasteiger partial charge on any atom is -0.462 e. The van der Waals surface area contributed by atoms with Crippen molar-refractivity contribution in [1.82, 2.24) is 0 Å². The summed E-state index contributed by atoms with van der Waals surface area (Å²) in [7, 11) is -4.63. The van der Waals surface area contributed by atoms with Crippen molar-refractivity contribution in [1.29, 1.82) is 0 Å². The third-order valence-corrected chi connectivity index (χ3v) is 6.76. The van der Waals surface area contributed by atoms with Crippen LogP contribution in [0, 0.1) is 5.92 Å². The van der Waals surface area contributed by atoms with Crippen LogP contribution in [0.25, 0.3) is 0 Å².